The summed E-state index contributed by atoms with van der Waals surface area (Å²) in [5, 5.41) is 0. The molecule has 0 N–H and O–H groups in total. The molecule has 1 aliphatic carbocycles. The van der Waals surface area contributed by atoms with Gasteiger partial charge in [0.05, 0.1) is 5.76 Å². The average molecular weight is 374 g/mol. The van der Waals surface area contributed by atoms with Crippen LogP contribution >= 0.6 is 0 Å². The molecule has 0 aromatic heterocycles. The van der Waals surface area contributed by atoms with Crippen LogP contribution in [0.15, 0.2) is 41.7 Å². The predicted octanol–water partition coefficient (Wildman–Crippen LogP) is 6.32. The number of fused-ring (bicyclic) bond motifs is 1. The normalized spacial score (nSPS) is 25.7. The highest BCUT2D eigenvalue weighted by Gasteiger charge is 2.44. The maximum atomic E-state index is 6.67. The van der Waals surface area contributed by atoms with Crippen LogP contribution in [0.1, 0.15) is 43.7 Å². The van der Waals surface area contributed by atoms with E-state index in [-0.39, 0.29) is 0 Å². The summed E-state index contributed by atoms with van der Waals surface area (Å²) in [7, 11) is -3.03. The zero-order chi connectivity index (χ0) is 18.2. The quantitative estimate of drug-likeness (QED) is 0.573. The van der Waals surface area contributed by atoms with Gasteiger partial charge in [0.1, 0.15) is 8.24 Å². The lowest BCUT2D eigenvalue weighted by atomic mass is 9.83. The van der Waals surface area contributed by atoms with E-state index in [1.165, 1.54) is 37.0 Å². The molecule has 4 heteroatoms. The average Bonchev–Trinajstić information content (AvgIpc) is 2.53. The standard InChI is InChI=1S/C21H35NOSi2/c1-24(2,3)22-19-15-11-10-14-18(19)21(23-25(4,5)6)16-20(22)17-12-8-7-9-13-17/h7-9,12-13,19-20H,10-11,14-16H2,1-6H3/t19-,20-/m0/s1. The van der Waals surface area contributed by atoms with Gasteiger partial charge in [-0.1, -0.05) is 56.4 Å². The molecule has 1 saturated carbocycles. The first-order valence-corrected chi connectivity index (χ1v) is 16.8. The van der Waals surface area contributed by atoms with E-state index < -0.39 is 16.6 Å². The predicted molar refractivity (Wildman–Crippen MR) is 113 cm³/mol. The van der Waals surface area contributed by atoms with E-state index in [1.54, 1.807) is 5.57 Å². The van der Waals surface area contributed by atoms with E-state index in [9.17, 15) is 0 Å². The number of benzene rings is 1. The molecule has 2 nitrogen and oxygen atoms in total. The molecule has 0 amide bonds. The van der Waals surface area contributed by atoms with E-state index in [0.29, 0.717) is 12.1 Å². The summed E-state index contributed by atoms with van der Waals surface area (Å²) in [5.41, 5.74) is 3.11. The molecular weight excluding hydrogens is 338 g/mol. The highest BCUT2D eigenvalue weighted by atomic mass is 28.4. The Morgan fingerprint density at radius 2 is 1.60 bits per heavy atom. The van der Waals surface area contributed by atoms with Crippen LogP contribution in [-0.4, -0.2) is 27.2 Å². The maximum absolute atomic E-state index is 6.67. The lowest BCUT2D eigenvalue weighted by molar-refractivity contribution is 0.181. The molecule has 0 bridgehead atoms. The van der Waals surface area contributed by atoms with Crippen molar-refractivity contribution in [3.8, 4) is 0 Å². The molecule has 25 heavy (non-hydrogen) atoms. The van der Waals surface area contributed by atoms with Crippen molar-refractivity contribution >= 4 is 16.6 Å². The zero-order valence-electron chi connectivity index (χ0n) is 16.9. The van der Waals surface area contributed by atoms with E-state index >= 15 is 0 Å². The second kappa shape index (κ2) is 7.05. The van der Waals surface area contributed by atoms with Crippen molar-refractivity contribution in [2.24, 2.45) is 0 Å². The van der Waals surface area contributed by atoms with Gasteiger partial charge in [-0.2, -0.15) is 0 Å². The van der Waals surface area contributed by atoms with Gasteiger partial charge in [0, 0.05) is 18.5 Å². The summed E-state index contributed by atoms with van der Waals surface area (Å²) in [5.74, 6) is 1.35. The summed E-state index contributed by atoms with van der Waals surface area (Å²) in [4.78, 5) is 0. The van der Waals surface area contributed by atoms with Gasteiger partial charge in [-0.3, -0.25) is 0 Å². The van der Waals surface area contributed by atoms with Gasteiger partial charge in [0.2, 0.25) is 8.32 Å². The monoisotopic (exact) mass is 373 g/mol. The smallest absolute Gasteiger partial charge is 0.241 e. The fourth-order valence-corrected chi connectivity index (χ4v) is 7.96. The topological polar surface area (TPSA) is 12.5 Å². The Kier molecular flexibility index (Phi) is 5.34. The number of hydrogen-bond acceptors (Lipinski definition) is 2. The third-order valence-electron chi connectivity index (χ3n) is 5.37. The fourth-order valence-electron chi connectivity index (χ4n) is 4.61. The molecule has 1 aromatic rings. The third-order valence-corrected chi connectivity index (χ3v) is 8.40. The van der Waals surface area contributed by atoms with Crippen LogP contribution in [0.2, 0.25) is 39.3 Å². The first-order chi connectivity index (χ1) is 11.7. The molecule has 0 saturated heterocycles. The summed E-state index contributed by atoms with van der Waals surface area (Å²) >= 11 is 0. The highest BCUT2D eigenvalue weighted by Crippen LogP contribution is 2.46. The molecule has 138 valence electrons. The zero-order valence-corrected chi connectivity index (χ0v) is 18.9. The van der Waals surface area contributed by atoms with Crippen molar-refractivity contribution in [1.82, 2.24) is 4.57 Å². The Bertz CT molecular complexity index is 628. The van der Waals surface area contributed by atoms with Crippen molar-refractivity contribution in [2.45, 2.75) is 83.5 Å². The van der Waals surface area contributed by atoms with Crippen LogP contribution < -0.4 is 0 Å². The Balaban J connectivity index is 2.07. The first kappa shape index (κ1) is 18.9. The Hall–Kier alpha value is -0.846. The Morgan fingerprint density at radius 1 is 0.920 bits per heavy atom. The second-order valence-corrected chi connectivity index (χ2v) is 18.9. The maximum Gasteiger partial charge on any atom is 0.241 e. The van der Waals surface area contributed by atoms with E-state index in [4.69, 9.17) is 4.43 Å². The van der Waals surface area contributed by atoms with Gasteiger partial charge in [-0.05, 0) is 50.0 Å². The molecule has 3 rings (SSSR count). The molecular formula is C21H35NOSi2. The largest absolute Gasteiger partial charge is 0.547 e. The van der Waals surface area contributed by atoms with E-state index in [2.05, 4.69) is 74.2 Å². The van der Waals surface area contributed by atoms with Crippen LogP contribution in [0.3, 0.4) is 0 Å². The summed E-state index contributed by atoms with van der Waals surface area (Å²) in [6.45, 7) is 14.5. The minimum absolute atomic E-state index is 0.478. The number of hydrogen-bond donors (Lipinski definition) is 0. The highest BCUT2D eigenvalue weighted by molar-refractivity contribution is 6.73. The lowest BCUT2D eigenvalue weighted by Gasteiger charge is -2.52. The van der Waals surface area contributed by atoms with Crippen molar-refractivity contribution in [3.05, 3.63) is 47.2 Å². The van der Waals surface area contributed by atoms with Crippen LogP contribution in [0, 0.1) is 0 Å². The van der Waals surface area contributed by atoms with Gasteiger partial charge in [0.15, 0.2) is 0 Å². The SMILES string of the molecule is C[Si](C)(C)OC1=C2CCCC[C@@H]2N([Si](C)(C)C)[C@H](c2ccccc2)C1. The molecule has 1 heterocycles. The van der Waals surface area contributed by atoms with Crippen molar-refractivity contribution < 1.29 is 4.43 Å². The molecule has 0 radical (unpaired) electrons. The number of nitrogens with zero attached hydrogens (tertiary/aromatic N) is 1. The van der Waals surface area contributed by atoms with E-state index in [0.717, 1.165) is 6.42 Å². The molecule has 1 fully saturated rings. The van der Waals surface area contributed by atoms with Crippen LogP contribution in [-0.2, 0) is 4.43 Å². The molecule has 1 aliphatic heterocycles. The molecule has 2 aliphatic rings. The Morgan fingerprint density at radius 3 is 2.20 bits per heavy atom. The Labute approximate surface area is 156 Å². The third kappa shape index (κ3) is 4.29. The van der Waals surface area contributed by atoms with Gasteiger partial charge in [-0.25, -0.2) is 0 Å². The summed E-state index contributed by atoms with van der Waals surface area (Å²) < 4.78 is 9.59. The fraction of sp³-hybridized carbons (Fsp3) is 0.619. The molecule has 0 spiro atoms. The second-order valence-electron chi connectivity index (χ2n) is 9.63. The van der Waals surface area contributed by atoms with Crippen molar-refractivity contribution in [3.63, 3.8) is 0 Å². The number of rotatable bonds is 4. The van der Waals surface area contributed by atoms with Gasteiger partial charge < -0.3 is 8.99 Å². The molecule has 1 aromatic carbocycles. The first-order valence-electron chi connectivity index (χ1n) is 9.91. The van der Waals surface area contributed by atoms with Gasteiger partial charge >= 0.3 is 0 Å². The van der Waals surface area contributed by atoms with Crippen LogP contribution in [0.5, 0.6) is 0 Å². The molecule has 2 atom stereocenters. The lowest BCUT2D eigenvalue weighted by Crippen LogP contribution is -2.57. The van der Waals surface area contributed by atoms with Crippen molar-refractivity contribution in [2.75, 3.05) is 0 Å². The van der Waals surface area contributed by atoms with Crippen molar-refractivity contribution in [1.29, 1.82) is 0 Å². The van der Waals surface area contributed by atoms with Gasteiger partial charge in [-0.15, -0.1) is 0 Å². The summed E-state index contributed by atoms with van der Waals surface area (Å²) in [6, 6.07) is 12.2. The molecule has 0 unspecified atom stereocenters. The van der Waals surface area contributed by atoms with Gasteiger partial charge in [0.25, 0.3) is 0 Å². The van der Waals surface area contributed by atoms with E-state index in [1.807, 2.05) is 0 Å². The minimum Gasteiger partial charge on any atom is -0.547 e. The van der Waals surface area contributed by atoms with Crippen LogP contribution in [0.25, 0.3) is 0 Å². The summed E-state index contributed by atoms with van der Waals surface area (Å²) in [6.07, 6.45) is 6.30. The van der Waals surface area contributed by atoms with Crippen LogP contribution in [0.4, 0.5) is 0 Å². The minimum atomic E-state index is -1.58.